The molecule has 0 bridgehead atoms. The van der Waals surface area contributed by atoms with Gasteiger partial charge in [-0.05, 0) is 19.4 Å². The number of hydrogen-bond acceptors (Lipinski definition) is 3. The van der Waals surface area contributed by atoms with Crippen molar-refractivity contribution in [3.63, 3.8) is 0 Å². The lowest BCUT2D eigenvalue weighted by atomic mass is 10.2. The second-order valence-corrected chi connectivity index (χ2v) is 6.42. The van der Waals surface area contributed by atoms with Crippen LogP contribution in [0.3, 0.4) is 0 Å². The van der Waals surface area contributed by atoms with E-state index in [1.807, 2.05) is 25.5 Å². The minimum Gasteiger partial charge on any atom is -0.348 e. The van der Waals surface area contributed by atoms with E-state index >= 15 is 0 Å². The van der Waals surface area contributed by atoms with E-state index in [4.69, 9.17) is 0 Å². The number of rotatable bonds is 1. The molecule has 0 radical (unpaired) electrons. The average Bonchev–Trinajstić information content (AvgIpc) is 2.50. The molecule has 1 unspecified atom stereocenters. The first-order valence-electron chi connectivity index (χ1n) is 4.86. The second-order valence-electron chi connectivity index (χ2n) is 3.85. The standard InChI is InChI=1S/C11H13NO2S2/c1-6-7(2)15-11-9(6)12(3)5-8(10(11)13)16(4)14/h5H,1-4H3. The van der Waals surface area contributed by atoms with Gasteiger partial charge in [-0.1, -0.05) is 0 Å². The average molecular weight is 255 g/mol. The fraction of sp³-hybridized carbons (Fsp3) is 0.364. The van der Waals surface area contributed by atoms with Gasteiger partial charge in [-0.25, -0.2) is 0 Å². The van der Waals surface area contributed by atoms with Crippen molar-refractivity contribution >= 4 is 32.4 Å². The van der Waals surface area contributed by atoms with Crippen LogP contribution in [0, 0.1) is 13.8 Å². The minimum atomic E-state index is -1.23. The Bertz CT molecular complexity index is 652. The van der Waals surface area contributed by atoms with Crippen molar-refractivity contribution in [2.24, 2.45) is 7.05 Å². The maximum Gasteiger partial charge on any atom is 0.215 e. The van der Waals surface area contributed by atoms with E-state index in [0.717, 1.165) is 16.0 Å². The molecule has 0 amide bonds. The normalized spacial score (nSPS) is 13.2. The third-order valence-electron chi connectivity index (χ3n) is 2.76. The van der Waals surface area contributed by atoms with Crippen molar-refractivity contribution in [3.05, 3.63) is 26.9 Å². The Hall–Kier alpha value is -0.940. The number of aromatic nitrogens is 1. The quantitative estimate of drug-likeness (QED) is 0.781. The van der Waals surface area contributed by atoms with Crippen molar-refractivity contribution in [3.8, 4) is 0 Å². The molecule has 0 N–H and O–H groups in total. The molecule has 0 aliphatic carbocycles. The van der Waals surface area contributed by atoms with Crippen LogP contribution in [0.15, 0.2) is 15.9 Å². The lowest BCUT2D eigenvalue weighted by molar-refractivity contribution is 0.685. The summed E-state index contributed by atoms with van der Waals surface area (Å²) in [5.74, 6) is 0. The number of nitrogens with zero attached hydrogens (tertiary/aromatic N) is 1. The summed E-state index contributed by atoms with van der Waals surface area (Å²) in [6.45, 7) is 4.01. The minimum absolute atomic E-state index is 0.0878. The van der Waals surface area contributed by atoms with Crippen LogP contribution in [-0.4, -0.2) is 15.0 Å². The van der Waals surface area contributed by atoms with E-state index in [-0.39, 0.29) is 5.43 Å². The number of thiophene rings is 1. The van der Waals surface area contributed by atoms with Crippen LogP contribution in [-0.2, 0) is 17.8 Å². The maximum absolute atomic E-state index is 12.1. The molecular formula is C11H13NO2S2. The van der Waals surface area contributed by atoms with Crippen molar-refractivity contribution in [2.75, 3.05) is 6.26 Å². The van der Waals surface area contributed by atoms with E-state index in [2.05, 4.69) is 0 Å². The van der Waals surface area contributed by atoms with Gasteiger partial charge in [0.2, 0.25) is 5.43 Å². The van der Waals surface area contributed by atoms with Gasteiger partial charge >= 0.3 is 0 Å². The second kappa shape index (κ2) is 3.82. The molecule has 5 heteroatoms. The van der Waals surface area contributed by atoms with Gasteiger partial charge in [0.05, 0.1) is 21.0 Å². The van der Waals surface area contributed by atoms with Gasteiger partial charge in [0.15, 0.2) is 0 Å². The highest BCUT2D eigenvalue weighted by Crippen LogP contribution is 2.27. The van der Waals surface area contributed by atoms with Crippen molar-refractivity contribution < 1.29 is 4.21 Å². The third kappa shape index (κ3) is 1.55. The van der Waals surface area contributed by atoms with Crippen molar-refractivity contribution in [1.29, 1.82) is 0 Å². The van der Waals surface area contributed by atoms with Gasteiger partial charge in [0.25, 0.3) is 0 Å². The van der Waals surface area contributed by atoms with E-state index in [1.165, 1.54) is 17.6 Å². The molecule has 1 atom stereocenters. The Kier molecular flexibility index (Phi) is 2.75. The molecule has 0 saturated heterocycles. The summed E-state index contributed by atoms with van der Waals surface area (Å²) in [5, 5.41) is 0. The Morgan fingerprint density at radius 3 is 2.56 bits per heavy atom. The summed E-state index contributed by atoms with van der Waals surface area (Å²) in [7, 11) is 0.655. The molecule has 2 aromatic heterocycles. The predicted octanol–water partition coefficient (Wildman–Crippen LogP) is 1.95. The van der Waals surface area contributed by atoms with Gasteiger partial charge in [-0.15, -0.1) is 11.3 Å². The zero-order chi connectivity index (χ0) is 12.0. The lowest BCUT2D eigenvalue weighted by Crippen LogP contribution is -2.12. The summed E-state index contributed by atoms with van der Waals surface area (Å²) in [6.07, 6.45) is 3.22. The Morgan fingerprint density at radius 2 is 2.00 bits per heavy atom. The van der Waals surface area contributed by atoms with E-state index in [0.29, 0.717) is 9.60 Å². The van der Waals surface area contributed by atoms with Crippen LogP contribution < -0.4 is 5.43 Å². The molecule has 0 aliphatic heterocycles. The molecule has 0 spiro atoms. The van der Waals surface area contributed by atoms with Crippen molar-refractivity contribution in [1.82, 2.24) is 4.57 Å². The molecule has 0 fully saturated rings. The van der Waals surface area contributed by atoms with Gasteiger partial charge in [-0.3, -0.25) is 9.00 Å². The molecule has 2 rings (SSSR count). The fourth-order valence-electron chi connectivity index (χ4n) is 1.81. The summed E-state index contributed by atoms with van der Waals surface area (Å²) in [5.41, 5.74) is 2.00. The Labute approximate surface area is 100 Å². The zero-order valence-corrected chi connectivity index (χ0v) is 11.3. The highest BCUT2D eigenvalue weighted by Gasteiger charge is 2.15. The number of hydrogen-bond donors (Lipinski definition) is 0. The number of fused-ring (bicyclic) bond motifs is 1. The number of aryl methyl sites for hydroxylation is 3. The molecule has 0 saturated carbocycles. The molecule has 0 aromatic carbocycles. The monoisotopic (exact) mass is 255 g/mol. The SMILES string of the molecule is Cc1sc2c(=O)c(S(C)=O)cn(C)c2c1C. The largest absolute Gasteiger partial charge is 0.348 e. The van der Waals surface area contributed by atoms with Gasteiger partial charge in [-0.2, -0.15) is 0 Å². The van der Waals surface area contributed by atoms with Crippen molar-refractivity contribution in [2.45, 2.75) is 18.7 Å². The van der Waals surface area contributed by atoms with Gasteiger partial charge < -0.3 is 4.57 Å². The molecular weight excluding hydrogens is 242 g/mol. The summed E-state index contributed by atoms with van der Waals surface area (Å²) in [6, 6.07) is 0. The first kappa shape index (κ1) is 11.5. The van der Waals surface area contributed by atoms with Gasteiger partial charge in [0, 0.05) is 24.4 Å². The van der Waals surface area contributed by atoms with E-state index in [1.54, 1.807) is 6.20 Å². The highest BCUT2D eigenvalue weighted by atomic mass is 32.2. The lowest BCUT2D eigenvalue weighted by Gasteiger charge is -2.04. The Balaban J connectivity index is 3.02. The summed E-state index contributed by atoms with van der Waals surface area (Å²) >= 11 is 1.48. The molecule has 0 aliphatic rings. The first-order valence-corrected chi connectivity index (χ1v) is 7.23. The molecule has 86 valence electrons. The van der Waals surface area contributed by atoms with Crippen LogP contribution in [0.4, 0.5) is 0 Å². The van der Waals surface area contributed by atoms with Crippen LogP contribution in [0.5, 0.6) is 0 Å². The zero-order valence-electron chi connectivity index (χ0n) is 9.66. The first-order chi connectivity index (χ1) is 7.43. The molecule has 16 heavy (non-hydrogen) atoms. The summed E-state index contributed by atoms with van der Waals surface area (Å²) in [4.78, 5) is 13.6. The smallest absolute Gasteiger partial charge is 0.215 e. The van der Waals surface area contributed by atoms with E-state index in [9.17, 15) is 9.00 Å². The van der Waals surface area contributed by atoms with Crippen LogP contribution in [0.2, 0.25) is 0 Å². The maximum atomic E-state index is 12.1. The molecule has 2 heterocycles. The topological polar surface area (TPSA) is 39.1 Å². The van der Waals surface area contributed by atoms with Crippen LogP contribution >= 0.6 is 11.3 Å². The summed E-state index contributed by atoms with van der Waals surface area (Å²) < 4.78 is 14.1. The third-order valence-corrected chi connectivity index (χ3v) is 4.86. The Morgan fingerprint density at radius 1 is 1.38 bits per heavy atom. The van der Waals surface area contributed by atoms with Crippen LogP contribution in [0.1, 0.15) is 10.4 Å². The number of pyridine rings is 1. The predicted molar refractivity (Wildman–Crippen MR) is 68.9 cm³/mol. The fourth-order valence-corrected chi connectivity index (χ4v) is 3.70. The van der Waals surface area contributed by atoms with E-state index < -0.39 is 10.8 Å². The van der Waals surface area contributed by atoms with Crippen LogP contribution in [0.25, 0.3) is 10.2 Å². The molecule has 2 aromatic rings. The molecule has 3 nitrogen and oxygen atoms in total. The van der Waals surface area contributed by atoms with Gasteiger partial charge in [0.1, 0.15) is 4.90 Å². The highest BCUT2D eigenvalue weighted by molar-refractivity contribution is 7.84.